The van der Waals surface area contributed by atoms with E-state index < -0.39 is 0 Å². The summed E-state index contributed by atoms with van der Waals surface area (Å²) in [5.41, 5.74) is 3.75. The topological polar surface area (TPSA) is 39.3 Å². The molecule has 1 N–H and O–H groups in total. The molecule has 1 aromatic carbocycles. The van der Waals surface area contributed by atoms with Gasteiger partial charge < -0.3 is 9.88 Å². The lowest BCUT2D eigenvalue weighted by atomic mass is 9.99. The number of piperidine rings is 1. The van der Waals surface area contributed by atoms with Crippen molar-refractivity contribution in [2.75, 3.05) is 19.6 Å². The van der Waals surface area contributed by atoms with Gasteiger partial charge in [0, 0.05) is 35.7 Å². The summed E-state index contributed by atoms with van der Waals surface area (Å²) in [6.45, 7) is 3.31. The van der Waals surface area contributed by atoms with Gasteiger partial charge in [-0.25, -0.2) is 0 Å². The van der Waals surface area contributed by atoms with Gasteiger partial charge in [0.2, 0.25) is 5.91 Å². The zero-order chi connectivity index (χ0) is 18.2. The molecule has 0 aliphatic carbocycles. The van der Waals surface area contributed by atoms with E-state index in [1.54, 1.807) is 0 Å². The van der Waals surface area contributed by atoms with Crippen LogP contribution in [0.25, 0.3) is 10.9 Å². The smallest absolute Gasteiger partial charge is 0.237 e. The van der Waals surface area contributed by atoms with E-state index in [0.717, 1.165) is 44.4 Å². The number of likely N-dealkylation sites (tertiary alicyclic amines) is 1. The molecule has 0 radical (unpaired) electrons. The van der Waals surface area contributed by atoms with E-state index in [-0.39, 0.29) is 11.9 Å². The molecule has 0 bridgehead atoms. The van der Waals surface area contributed by atoms with Crippen LogP contribution in [0.15, 0.2) is 41.8 Å². The van der Waals surface area contributed by atoms with Crippen LogP contribution < -0.4 is 0 Å². The Morgan fingerprint density at radius 1 is 1.19 bits per heavy atom. The van der Waals surface area contributed by atoms with Crippen molar-refractivity contribution in [1.82, 2.24) is 14.8 Å². The summed E-state index contributed by atoms with van der Waals surface area (Å²) in [5.74, 6) is 0.275. The minimum Gasteiger partial charge on any atom is -0.357 e. The van der Waals surface area contributed by atoms with Crippen molar-refractivity contribution in [3.8, 4) is 0 Å². The number of aromatic nitrogens is 1. The van der Waals surface area contributed by atoms with Gasteiger partial charge in [0.05, 0.1) is 12.6 Å². The fourth-order valence-corrected chi connectivity index (χ4v) is 5.44. The third-order valence-corrected chi connectivity index (χ3v) is 7.00. The molecule has 1 fully saturated rings. The molecule has 140 valence electrons. The van der Waals surface area contributed by atoms with E-state index in [1.165, 1.54) is 27.9 Å². The summed E-state index contributed by atoms with van der Waals surface area (Å²) < 4.78 is 0. The number of para-hydroxylation sites is 1. The average Bonchev–Trinajstić information content (AvgIpc) is 3.34. The number of nitrogens with zero attached hydrogens (tertiary/aromatic N) is 2. The molecule has 3 aromatic rings. The lowest BCUT2D eigenvalue weighted by Crippen LogP contribution is -2.45. The van der Waals surface area contributed by atoms with Crippen LogP contribution in [0.4, 0.5) is 0 Å². The van der Waals surface area contributed by atoms with Gasteiger partial charge in [0.15, 0.2) is 0 Å². The lowest BCUT2D eigenvalue weighted by Gasteiger charge is -2.37. The molecule has 1 atom stereocenters. The number of amides is 1. The Kier molecular flexibility index (Phi) is 4.50. The highest BCUT2D eigenvalue weighted by molar-refractivity contribution is 7.10. The maximum atomic E-state index is 13.2. The number of hydrogen-bond acceptors (Lipinski definition) is 3. The quantitative estimate of drug-likeness (QED) is 0.735. The van der Waals surface area contributed by atoms with Gasteiger partial charge in [-0.05, 0) is 60.2 Å². The molecule has 2 aliphatic heterocycles. The zero-order valence-electron chi connectivity index (χ0n) is 15.5. The predicted molar refractivity (Wildman–Crippen MR) is 110 cm³/mol. The van der Waals surface area contributed by atoms with Gasteiger partial charge in [-0.1, -0.05) is 18.2 Å². The zero-order valence-corrected chi connectivity index (χ0v) is 16.3. The number of thiophene rings is 1. The van der Waals surface area contributed by atoms with E-state index >= 15 is 0 Å². The first-order valence-corrected chi connectivity index (χ1v) is 10.8. The van der Waals surface area contributed by atoms with E-state index in [0.29, 0.717) is 6.54 Å². The second-order valence-electron chi connectivity index (χ2n) is 7.74. The Labute approximate surface area is 163 Å². The van der Waals surface area contributed by atoms with Crippen molar-refractivity contribution in [1.29, 1.82) is 0 Å². The summed E-state index contributed by atoms with van der Waals surface area (Å²) >= 11 is 1.85. The molecule has 1 saturated heterocycles. The van der Waals surface area contributed by atoms with Crippen molar-refractivity contribution < 1.29 is 4.79 Å². The second kappa shape index (κ2) is 7.13. The number of benzene rings is 1. The molecule has 4 nitrogen and oxygen atoms in total. The Bertz CT molecular complexity index is 926. The Hall–Kier alpha value is -2.11. The maximum Gasteiger partial charge on any atom is 0.237 e. The number of carbonyl (C=O) groups is 1. The molecule has 5 rings (SSSR count). The van der Waals surface area contributed by atoms with Gasteiger partial charge in [-0.3, -0.25) is 9.69 Å². The first-order chi connectivity index (χ1) is 13.3. The second-order valence-corrected chi connectivity index (χ2v) is 8.74. The van der Waals surface area contributed by atoms with Crippen LogP contribution in [-0.2, 0) is 17.8 Å². The molecule has 5 heteroatoms. The van der Waals surface area contributed by atoms with Crippen LogP contribution in [0.2, 0.25) is 0 Å². The number of H-pyrrole nitrogens is 1. The van der Waals surface area contributed by atoms with Crippen molar-refractivity contribution in [3.05, 3.63) is 57.9 Å². The highest BCUT2D eigenvalue weighted by Crippen LogP contribution is 2.33. The standard InChI is InChI=1S/C22H25N3OS/c26-22(15-24-11-8-21-17(14-24)9-12-27-21)25-10-4-3-7-20(25)19-13-16-5-1-2-6-18(16)23-19/h1-2,5-6,9,12-13,20,23H,3-4,7-8,10-11,14-15H2/t20-/m1/s1. The van der Waals surface area contributed by atoms with E-state index in [1.807, 2.05) is 11.3 Å². The lowest BCUT2D eigenvalue weighted by molar-refractivity contribution is -0.136. The normalized spacial score (nSPS) is 20.7. The van der Waals surface area contributed by atoms with Crippen LogP contribution in [0.1, 0.15) is 41.4 Å². The van der Waals surface area contributed by atoms with Crippen LogP contribution in [0, 0.1) is 0 Å². The predicted octanol–water partition coefficient (Wildman–Crippen LogP) is 4.34. The minimum atomic E-state index is 0.181. The van der Waals surface area contributed by atoms with Gasteiger partial charge in [-0.15, -0.1) is 11.3 Å². The molecule has 4 heterocycles. The van der Waals surface area contributed by atoms with Gasteiger partial charge in [0.25, 0.3) is 0 Å². The molecular formula is C22H25N3OS. The van der Waals surface area contributed by atoms with Gasteiger partial charge >= 0.3 is 0 Å². The molecule has 0 spiro atoms. The fraction of sp³-hybridized carbons (Fsp3) is 0.409. The molecule has 2 aromatic heterocycles. The van der Waals surface area contributed by atoms with Gasteiger partial charge in [0.1, 0.15) is 0 Å². The van der Waals surface area contributed by atoms with Crippen molar-refractivity contribution in [3.63, 3.8) is 0 Å². The molecule has 0 saturated carbocycles. The number of rotatable bonds is 3. The number of nitrogens with one attached hydrogen (secondary N) is 1. The average molecular weight is 380 g/mol. The summed E-state index contributed by atoms with van der Waals surface area (Å²) in [4.78, 5) is 22.7. The molecule has 0 unspecified atom stereocenters. The number of carbonyl (C=O) groups excluding carboxylic acids is 1. The first kappa shape index (κ1) is 17.0. The number of hydrogen-bond donors (Lipinski definition) is 1. The number of fused-ring (bicyclic) bond motifs is 2. The van der Waals surface area contributed by atoms with E-state index in [9.17, 15) is 4.79 Å². The van der Waals surface area contributed by atoms with E-state index in [2.05, 4.69) is 56.6 Å². The van der Waals surface area contributed by atoms with Crippen molar-refractivity contribution in [2.24, 2.45) is 0 Å². The number of aromatic amines is 1. The van der Waals surface area contributed by atoms with E-state index in [4.69, 9.17) is 0 Å². The summed E-state index contributed by atoms with van der Waals surface area (Å²) in [6, 6.07) is 13.0. The fourth-order valence-electron chi connectivity index (χ4n) is 4.55. The summed E-state index contributed by atoms with van der Waals surface area (Å²) in [7, 11) is 0. The Balaban J connectivity index is 1.33. The third kappa shape index (κ3) is 3.30. The maximum absolute atomic E-state index is 13.2. The van der Waals surface area contributed by atoms with Crippen LogP contribution in [-0.4, -0.2) is 40.3 Å². The SMILES string of the molecule is O=C(CN1CCc2sccc2C1)N1CCCC[C@@H]1c1cc2ccccc2[nH]1. The third-order valence-electron chi connectivity index (χ3n) is 5.98. The molecule has 2 aliphatic rings. The highest BCUT2D eigenvalue weighted by atomic mass is 32.1. The van der Waals surface area contributed by atoms with Crippen molar-refractivity contribution >= 4 is 28.1 Å². The van der Waals surface area contributed by atoms with Crippen LogP contribution in [0.3, 0.4) is 0 Å². The first-order valence-electron chi connectivity index (χ1n) is 9.92. The Morgan fingerprint density at radius 3 is 3.04 bits per heavy atom. The van der Waals surface area contributed by atoms with Crippen molar-refractivity contribution in [2.45, 2.75) is 38.3 Å². The summed E-state index contributed by atoms with van der Waals surface area (Å²) in [5, 5.41) is 3.40. The minimum absolute atomic E-state index is 0.181. The monoisotopic (exact) mass is 379 g/mol. The highest BCUT2D eigenvalue weighted by Gasteiger charge is 2.30. The molecular weight excluding hydrogens is 354 g/mol. The Morgan fingerprint density at radius 2 is 2.11 bits per heavy atom. The summed E-state index contributed by atoms with van der Waals surface area (Å²) in [6.07, 6.45) is 4.42. The molecule has 27 heavy (non-hydrogen) atoms. The molecule has 1 amide bonds. The van der Waals surface area contributed by atoms with Crippen LogP contribution >= 0.6 is 11.3 Å². The van der Waals surface area contributed by atoms with Gasteiger partial charge in [-0.2, -0.15) is 0 Å². The van der Waals surface area contributed by atoms with Crippen LogP contribution in [0.5, 0.6) is 0 Å². The largest absolute Gasteiger partial charge is 0.357 e.